The van der Waals surface area contributed by atoms with E-state index in [-0.39, 0.29) is 0 Å². The highest BCUT2D eigenvalue weighted by atomic mass is 32.1. The summed E-state index contributed by atoms with van der Waals surface area (Å²) in [6, 6.07) is 3.46. The molecule has 1 heterocycles. The van der Waals surface area contributed by atoms with E-state index in [0.717, 1.165) is 0 Å². The summed E-state index contributed by atoms with van der Waals surface area (Å²) in [5.74, 6) is 1.20. The second kappa shape index (κ2) is 3.04. The Morgan fingerprint density at radius 3 is 3.10 bits per heavy atom. The number of rotatable bonds is 1. The molecule has 0 aliphatic carbocycles. The van der Waals surface area contributed by atoms with Crippen molar-refractivity contribution < 1.29 is 9.53 Å². The van der Waals surface area contributed by atoms with Crippen LogP contribution in [0.1, 0.15) is 0 Å². The molecule has 2 nitrogen and oxygen atoms in total. The molecule has 1 aromatic heterocycles. The Labute approximate surface area is 62.4 Å². The fourth-order valence-corrected chi connectivity index (χ4v) is 1.01. The quantitative estimate of drug-likeness (QED) is 0.344. The Bertz CT molecular complexity index is 256. The molecule has 0 saturated heterocycles. The van der Waals surface area contributed by atoms with E-state index in [2.05, 4.69) is 4.74 Å². The van der Waals surface area contributed by atoms with Gasteiger partial charge in [-0.05, 0) is 17.5 Å². The van der Waals surface area contributed by atoms with Gasteiger partial charge in [0.25, 0.3) is 0 Å². The molecule has 10 heavy (non-hydrogen) atoms. The standard InChI is InChI=1S/C7H4O2S/c1-2-6(8)9-7-4-3-5-10-7/h1,3-5H. The normalized spacial score (nSPS) is 8.30. The number of carbonyl (C=O) groups excluding carboxylic acids is 1. The number of carbonyl (C=O) groups is 1. The average Bonchev–Trinajstić information content (AvgIpc) is 2.40. The number of terminal acetylenes is 1. The van der Waals surface area contributed by atoms with Gasteiger partial charge in [-0.2, -0.15) is 0 Å². The summed E-state index contributed by atoms with van der Waals surface area (Å²) in [6.07, 6.45) is 4.77. The largest absolute Gasteiger partial charge is 0.406 e. The fraction of sp³-hybridized carbons (Fsp3) is 0. The molecule has 1 rings (SSSR count). The van der Waals surface area contributed by atoms with Crippen LogP contribution in [0.4, 0.5) is 0 Å². The van der Waals surface area contributed by atoms with Crippen LogP contribution >= 0.6 is 11.3 Å². The highest BCUT2D eigenvalue weighted by Crippen LogP contribution is 2.17. The van der Waals surface area contributed by atoms with Crippen LogP contribution in [0, 0.1) is 12.3 Å². The van der Waals surface area contributed by atoms with Gasteiger partial charge in [-0.3, -0.25) is 0 Å². The first-order chi connectivity index (χ1) is 4.83. The molecule has 3 heteroatoms. The van der Waals surface area contributed by atoms with E-state index in [1.807, 2.05) is 5.92 Å². The summed E-state index contributed by atoms with van der Waals surface area (Å²) in [5, 5.41) is 2.34. The molecule has 0 amide bonds. The van der Waals surface area contributed by atoms with E-state index in [0.29, 0.717) is 5.06 Å². The third-order valence-electron chi connectivity index (χ3n) is 0.806. The highest BCUT2D eigenvalue weighted by Gasteiger charge is 1.98. The number of esters is 1. The number of hydrogen-bond donors (Lipinski definition) is 0. The van der Waals surface area contributed by atoms with Crippen molar-refractivity contribution in [3.63, 3.8) is 0 Å². The zero-order valence-corrected chi connectivity index (χ0v) is 5.85. The van der Waals surface area contributed by atoms with Crippen molar-refractivity contribution in [1.82, 2.24) is 0 Å². The summed E-state index contributed by atoms with van der Waals surface area (Å²) >= 11 is 1.33. The minimum atomic E-state index is -0.651. The number of ether oxygens (including phenoxy) is 1. The van der Waals surface area contributed by atoms with Crippen LogP contribution in [0.2, 0.25) is 0 Å². The van der Waals surface area contributed by atoms with Crippen LogP contribution < -0.4 is 4.74 Å². The predicted molar refractivity (Wildman–Crippen MR) is 38.8 cm³/mol. The van der Waals surface area contributed by atoms with Crippen LogP contribution in [0.25, 0.3) is 0 Å². The number of hydrogen-bond acceptors (Lipinski definition) is 3. The third-order valence-corrected chi connectivity index (χ3v) is 1.55. The maximum atomic E-state index is 10.4. The van der Waals surface area contributed by atoms with E-state index in [9.17, 15) is 4.79 Å². The summed E-state index contributed by atoms with van der Waals surface area (Å²) in [6.45, 7) is 0. The van der Waals surface area contributed by atoms with E-state index in [4.69, 9.17) is 6.42 Å². The topological polar surface area (TPSA) is 26.3 Å². The first kappa shape index (κ1) is 6.84. The second-order valence-corrected chi connectivity index (χ2v) is 2.38. The molecule has 0 saturated carbocycles. The predicted octanol–water partition coefficient (Wildman–Crippen LogP) is 1.29. The van der Waals surface area contributed by atoms with Crippen LogP contribution in [0.15, 0.2) is 17.5 Å². The van der Waals surface area contributed by atoms with Gasteiger partial charge in [-0.15, -0.1) is 17.8 Å². The Balaban J connectivity index is 2.59. The number of thiophene rings is 1. The minimum Gasteiger partial charge on any atom is -0.406 e. The lowest BCUT2D eigenvalue weighted by Gasteiger charge is -1.90. The molecule has 0 N–H and O–H groups in total. The first-order valence-electron chi connectivity index (χ1n) is 2.55. The maximum Gasteiger partial charge on any atom is 0.390 e. The molecule has 0 radical (unpaired) electrons. The lowest BCUT2D eigenvalue weighted by Crippen LogP contribution is -2.01. The Morgan fingerprint density at radius 1 is 1.80 bits per heavy atom. The smallest absolute Gasteiger partial charge is 0.390 e. The van der Waals surface area contributed by atoms with Gasteiger partial charge in [0, 0.05) is 5.92 Å². The molecule has 0 atom stereocenters. The van der Waals surface area contributed by atoms with Crippen molar-refractivity contribution in [2.75, 3.05) is 0 Å². The summed E-state index contributed by atoms with van der Waals surface area (Å²) in [7, 11) is 0. The van der Waals surface area contributed by atoms with Crippen molar-refractivity contribution >= 4 is 17.3 Å². The second-order valence-electron chi connectivity index (χ2n) is 1.47. The van der Waals surface area contributed by atoms with Gasteiger partial charge < -0.3 is 4.74 Å². The molecule has 0 unspecified atom stereocenters. The lowest BCUT2D eigenvalue weighted by atomic mass is 10.6. The average molecular weight is 152 g/mol. The monoisotopic (exact) mass is 152 g/mol. The van der Waals surface area contributed by atoms with Crippen molar-refractivity contribution in [2.45, 2.75) is 0 Å². The van der Waals surface area contributed by atoms with Gasteiger partial charge in [0.1, 0.15) is 0 Å². The Morgan fingerprint density at radius 2 is 2.60 bits per heavy atom. The molecule has 1 aromatic rings. The van der Waals surface area contributed by atoms with Crippen LogP contribution in [-0.4, -0.2) is 5.97 Å². The molecular formula is C7H4O2S. The van der Waals surface area contributed by atoms with Crippen molar-refractivity contribution in [3.05, 3.63) is 17.5 Å². The minimum absolute atomic E-state index is 0.531. The molecule has 0 spiro atoms. The van der Waals surface area contributed by atoms with Gasteiger partial charge in [0.2, 0.25) is 0 Å². The lowest BCUT2D eigenvalue weighted by molar-refractivity contribution is -0.127. The Hall–Kier alpha value is -1.27. The summed E-state index contributed by atoms with van der Waals surface area (Å²) in [4.78, 5) is 10.4. The molecule has 0 bridgehead atoms. The van der Waals surface area contributed by atoms with Crippen molar-refractivity contribution in [2.24, 2.45) is 0 Å². The van der Waals surface area contributed by atoms with Gasteiger partial charge in [-0.1, -0.05) is 0 Å². The Kier molecular flexibility index (Phi) is 2.08. The van der Waals surface area contributed by atoms with Gasteiger partial charge in [0.05, 0.1) is 0 Å². The highest BCUT2D eigenvalue weighted by molar-refractivity contribution is 7.11. The SMILES string of the molecule is C#CC(=O)Oc1cccs1. The van der Waals surface area contributed by atoms with Crippen molar-refractivity contribution in [1.29, 1.82) is 0 Å². The molecule has 0 aromatic carbocycles. The van der Waals surface area contributed by atoms with Crippen LogP contribution in [0.3, 0.4) is 0 Å². The van der Waals surface area contributed by atoms with Crippen LogP contribution in [-0.2, 0) is 4.79 Å². The third kappa shape index (κ3) is 1.61. The zero-order valence-electron chi connectivity index (χ0n) is 5.03. The summed E-state index contributed by atoms with van der Waals surface area (Å²) in [5.41, 5.74) is 0. The summed E-state index contributed by atoms with van der Waals surface area (Å²) < 4.78 is 4.65. The molecule has 50 valence electrons. The van der Waals surface area contributed by atoms with Crippen molar-refractivity contribution in [3.8, 4) is 17.4 Å². The van der Waals surface area contributed by atoms with E-state index >= 15 is 0 Å². The fourth-order valence-electron chi connectivity index (χ4n) is 0.442. The van der Waals surface area contributed by atoms with Gasteiger partial charge >= 0.3 is 5.97 Å². The molecular weight excluding hydrogens is 148 g/mol. The first-order valence-corrected chi connectivity index (χ1v) is 3.43. The maximum absolute atomic E-state index is 10.4. The van der Waals surface area contributed by atoms with Gasteiger partial charge in [-0.25, -0.2) is 4.79 Å². The van der Waals surface area contributed by atoms with Crippen LogP contribution in [0.5, 0.6) is 5.06 Å². The van der Waals surface area contributed by atoms with E-state index in [1.165, 1.54) is 11.3 Å². The molecule has 0 fully saturated rings. The zero-order chi connectivity index (χ0) is 7.40. The molecule has 0 aliphatic rings. The van der Waals surface area contributed by atoms with E-state index in [1.54, 1.807) is 17.5 Å². The molecule has 0 aliphatic heterocycles. The van der Waals surface area contributed by atoms with E-state index < -0.39 is 5.97 Å². The van der Waals surface area contributed by atoms with Gasteiger partial charge in [0.15, 0.2) is 5.06 Å².